The molecule has 11 nitrogen and oxygen atoms in total. The number of hydrogen-bond acceptors (Lipinski definition) is 10. The van der Waals surface area contributed by atoms with Gasteiger partial charge in [0.25, 0.3) is 17.5 Å². The second-order valence-electron chi connectivity index (χ2n) is 6.80. The number of nitrogens with one attached hydrogen (secondary N) is 1. The van der Waals surface area contributed by atoms with Gasteiger partial charge in [-0.25, -0.2) is 4.79 Å². The second kappa shape index (κ2) is 8.88. The van der Waals surface area contributed by atoms with Gasteiger partial charge in [0.1, 0.15) is 22.1 Å². The molecule has 0 unspecified atom stereocenters. The van der Waals surface area contributed by atoms with Crippen LogP contribution in [-0.4, -0.2) is 65.8 Å². The minimum atomic E-state index is -1.20. The molecule has 0 spiro atoms. The van der Waals surface area contributed by atoms with Crippen LogP contribution in [-0.2, 0) is 9.59 Å². The highest BCUT2D eigenvalue weighted by atomic mass is 32.2. The third kappa shape index (κ3) is 4.20. The van der Waals surface area contributed by atoms with E-state index in [1.54, 1.807) is 0 Å². The number of carboxylic acids is 1. The van der Waals surface area contributed by atoms with Crippen molar-refractivity contribution in [2.24, 2.45) is 0 Å². The highest BCUT2D eigenvalue weighted by Crippen LogP contribution is 2.41. The number of carboxylic acid groups (broad SMARTS) is 1. The number of nitro groups is 1. The molecular weight excluding hydrogens is 478 g/mol. The average Bonchev–Trinajstić information content (AvgIpc) is 3.20. The summed E-state index contributed by atoms with van der Waals surface area (Å²) in [5, 5.41) is 31.3. The monoisotopic (exact) mass is 493 g/mol. The van der Waals surface area contributed by atoms with Crippen molar-refractivity contribution in [3.8, 4) is 0 Å². The van der Waals surface area contributed by atoms with Gasteiger partial charge in [0.2, 0.25) is 0 Å². The van der Waals surface area contributed by atoms with Crippen LogP contribution in [0.25, 0.3) is 0 Å². The van der Waals surface area contributed by atoms with E-state index in [1.165, 1.54) is 64.0 Å². The van der Waals surface area contributed by atoms with Crippen LogP contribution in [0.3, 0.4) is 0 Å². The lowest BCUT2D eigenvalue weighted by Crippen LogP contribution is -2.70. The maximum Gasteiger partial charge on any atom is 0.352 e. The Morgan fingerprint density at radius 1 is 1.34 bits per heavy atom. The number of nitrogens with zero attached hydrogens (tertiary/aromatic N) is 4. The summed E-state index contributed by atoms with van der Waals surface area (Å²) in [6.07, 6.45) is 0. The first-order valence-corrected chi connectivity index (χ1v) is 12.0. The van der Waals surface area contributed by atoms with Crippen molar-refractivity contribution in [3.63, 3.8) is 0 Å². The first-order chi connectivity index (χ1) is 15.3. The van der Waals surface area contributed by atoms with E-state index in [-0.39, 0.29) is 16.9 Å². The Bertz CT molecular complexity index is 1150. The number of fused-ring (bicyclic) bond motifs is 1. The molecule has 3 heterocycles. The van der Waals surface area contributed by atoms with E-state index in [0.29, 0.717) is 17.1 Å². The Morgan fingerprint density at radius 2 is 2.06 bits per heavy atom. The SMILES string of the molecule is Cc1nnc(SCC2=C(C(=O)O)N3C(=O)[C@H](NC(=O)c4ccc([N+](=O)[O-])cc4)[C@H]3SC2)s1. The number of rotatable bonds is 7. The van der Waals surface area contributed by atoms with Crippen molar-refractivity contribution in [1.29, 1.82) is 0 Å². The molecule has 1 saturated heterocycles. The molecule has 2 N–H and O–H groups in total. The van der Waals surface area contributed by atoms with Gasteiger partial charge in [-0.2, -0.15) is 0 Å². The number of aliphatic carboxylic acids is 1. The van der Waals surface area contributed by atoms with Gasteiger partial charge in [-0.3, -0.25) is 24.6 Å². The smallest absolute Gasteiger partial charge is 0.352 e. The highest BCUT2D eigenvalue weighted by molar-refractivity contribution is 8.01. The van der Waals surface area contributed by atoms with Crippen LogP contribution in [0.1, 0.15) is 15.4 Å². The number of non-ortho nitro benzene ring substituents is 1. The van der Waals surface area contributed by atoms with Crippen molar-refractivity contribution in [2.45, 2.75) is 22.7 Å². The topological polar surface area (TPSA) is 156 Å². The molecule has 166 valence electrons. The fourth-order valence-electron chi connectivity index (χ4n) is 3.24. The van der Waals surface area contributed by atoms with E-state index in [9.17, 15) is 29.6 Å². The summed E-state index contributed by atoms with van der Waals surface area (Å²) >= 11 is 4.14. The quantitative estimate of drug-likeness (QED) is 0.253. The summed E-state index contributed by atoms with van der Waals surface area (Å²) in [7, 11) is 0. The van der Waals surface area contributed by atoms with Crippen molar-refractivity contribution in [2.75, 3.05) is 11.5 Å². The number of aryl methyl sites for hydroxylation is 1. The van der Waals surface area contributed by atoms with Crippen molar-refractivity contribution < 1.29 is 24.4 Å². The third-order valence-corrected chi connectivity index (χ3v) is 8.15. The zero-order chi connectivity index (χ0) is 23.0. The molecule has 2 aliphatic rings. The maximum atomic E-state index is 12.7. The standard InChI is InChI=1S/C18H15N5O6S3/c1-8-20-21-18(32-8)31-7-10-6-30-16-12(15(25)22(16)13(10)17(26)27)19-14(24)9-2-4-11(5-3-9)23(28)29/h2-5,12,16H,6-7H2,1H3,(H,19,24)(H,26,27)/t12-,16+/m0/s1. The number of hydrogen-bond donors (Lipinski definition) is 2. The average molecular weight is 494 g/mol. The molecule has 1 fully saturated rings. The second-order valence-corrected chi connectivity index (χ2v) is 10.3. The van der Waals surface area contributed by atoms with Gasteiger partial charge in [0.05, 0.1) is 4.92 Å². The summed E-state index contributed by atoms with van der Waals surface area (Å²) in [5.74, 6) is -1.52. The number of β-lactam (4-membered cyclic amide) rings is 1. The van der Waals surface area contributed by atoms with Gasteiger partial charge in [0.15, 0.2) is 4.34 Å². The molecular formula is C18H15N5O6S3. The molecule has 2 aromatic rings. The van der Waals surface area contributed by atoms with Crippen molar-refractivity contribution in [3.05, 3.63) is 56.2 Å². The summed E-state index contributed by atoms with van der Waals surface area (Å²) in [6, 6.07) is 4.13. The molecule has 14 heteroatoms. The lowest BCUT2D eigenvalue weighted by Gasteiger charge is -2.49. The largest absolute Gasteiger partial charge is 0.477 e. The van der Waals surface area contributed by atoms with Gasteiger partial charge in [0, 0.05) is 29.2 Å². The summed E-state index contributed by atoms with van der Waals surface area (Å²) in [6.45, 7) is 1.83. The van der Waals surface area contributed by atoms with Gasteiger partial charge in [-0.1, -0.05) is 23.1 Å². The van der Waals surface area contributed by atoms with E-state index >= 15 is 0 Å². The first kappa shape index (κ1) is 22.2. The Hall–Kier alpha value is -2.97. The van der Waals surface area contributed by atoms with Gasteiger partial charge >= 0.3 is 5.97 Å². The van der Waals surface area contributed by atoms with Gasteiger partial charge in [-0.05, 0) is 24.6 Å². The number of amides is 2. The third-order valence-electron chi connectivity index (χ3n) is 4.75. The van der Waals surface area contributed by atoms with Crippen LogP contribution in [0, 0.1) is 17.0 Å². The minimum absolute atomic E-state index is 0.0617. The number of nitro benzene ring substituents is 1. The van der Waals surface area contributed by atoms with E-state index in [1.807, 2.05) is 6.92 Å². The Morgan fingerprint density at radius 3 is 2.66 bits per heavy atom. The summed E-state index contributed by atoms with van der Waals surface area (Å²) < 4.78 is 0.718. The van der Waals surface area contributed by atoms with Crippen LogP contribution in [0.2, 0.25) is 0 Å². The van der Waals surface area contributed by atoms with Gasteiger partial charge < -0.3 is 10.4 Å². The molecule has 1 aromatic carbocycles. The molecule has 32 heavy (non-hydrogen) atoms. The number of carbonyl (C=O) groups is 3. The van der Waals surface area contributed by atoms with Crippen LogP contribution in [0.4, 0.5) is 5.69 Å². The molecule has 2 aliphatic heterocycles. The molecule has 0 aliphatic carbocycles. The molecule has 4 rings (SSSR count). The fraction of sp³-hybridized carbons (Fsp3) is 0.278. The highest BCUT2D eigenvalue weighted by Gasteiger charge is 2.54. The lowest BCUT2D eigenvalue weighted by molar-refractivity contribution is -0.384. The maximum absolute atomic E-state index is 12.7. The van der Waals surface area contributed by atoms with Crippen molar-refractivity contribution in [1.82, 2.24) is 20.4 Å². The molecule has 1 aromatic heterocycles. The van der Waals surface area contributed by atoms with E-state index in [4.69, 9.17) is 0 Å². The van der Waals surface area contributed by atoms with Crippen molar-refractivity contribution >= 4 is 58.3 Å². The molecule has 0 radical (unpaired) electrons. The summed E-state index contributed by atoms with van der Waals surface area (Å²) in [4.78, 5) is 48.5. The Kier molecular flexibility index (Phi) is 6.17. The number of thioether (sulfide) groups is 2. The molecule has 2 atom stereocenters. The predicted octanol–water partition coefficient (Wildman–Crippen LogP) is 1.90. The van der Waals surface area contributed by atoms with Crippen LogP contribution < -0.4 is 5.32 Å². The fourth-order valence-corrected chi connectivity index (χ4v) is 6.54. The molecule has 2 amide bonds. The van der Waals surface area contributed by atoms with Gasteiger partial charge in [-0.15, -0.1) is 22.0 Å². The van der Waals surface area contributed by atoms with Crippen LogP contribution >= 0.6 is 34.9 Å². The number of carbonyl (C=O) groups excluding carboxylic acids is 2. The van der Waals surface area contributed by atoms with E-state index < -0.39 is 34.1 Å². The molecule has 0 saturated carbocycles. The van der Waals surface area contributed by atoms with Crippen LogP contribution in [0.15, 0.2) is 39.9 Å². The summed E-state index contributed by atoms with van der Waals surface area (Å²) in [5.41, 5.74) is 0.556. The number of aromatic nitrogens is 2. The van der Waals surface area contributed by atoms with E-state index in [0.717, 1.165) is 9.35 Å². The molecule has 0 bridgehead atoms. The minimum Gasteiger partial charge on any atom is -0.477 e. The zero-order valence-corrected chi connectivity index (χ0v) is 18.8. The number of benzene rings is 1. The van der Waals surface area contributed by atoms with Crippen LogP contribution in [0.5, 0.6) is 0 Å². The normalized spacial score (nSPS) is 19.9. The Balaban J connectivity index is 1.46. The predicted molar refractivity (Wildman–Crippen MR) is 117 cm³/mol. The first-order valence-electron chi connectivity index (χ1n) is 9.14. The lowest BCUT2D eigenvalue weighted by atomic mass is 10.0. The van der Waals surface area contributed by atoms with E-state index in [2.05, 4.69) is 15.5 Å². The Labute approximate surface area is 193 Å². The zero-order valence-electron chi connectivity index (χ0n) is 16.4.